The first-order valence-electron chi connectivity index (χ1n) is 19.1. The lowest BCUT2D eigenvalue weighted by atomic mass is 9.83. The van der Waals surface area contributed by atoms with Crippen LogP contribution in [0.15, 0.2) is 182 Å². The van der Waals surface area contributed by atoms with Crippen LogP contribution in [0, 0.1) is 20.8 Å². The van der Waals surface area contributed by atoms with Crippen molar-refractivity contribution in [2.75, 3.05) is 4.90 Å². The second kappa shape index (κ2) is 12.9. The maximum atomic E-state index is 2.49. The highest BCUT2D eigenvalue weighted by molar-refractivity contribution is 6.22. The van der Waals surface area contributed by atoms with Crippen molar-refractivity contribution >= 4 is 32.9 Å². The van der Waals surface area contributed by atoms with Crippen molar-refractivity contribution in [2.24, 2.45) is 0 Å². The van der Waals surface area contributed by atoms with E-state index >= 15 is 0 Å². The van der Waals surface area contributed by atoms with Crippen LogP contribution in [-0.2, 0) is 0 Å². The summed E-state index contributed by atoms with van der Waals surface area (Å²) in [5, 5.41) is 5.17. The summed E-state index contributed by atoms with van der Waals surface area (Å²) in [5.41, 5.74) is 19.4. The Kier molecular flexibility index (Phi) is 7.70. The van der Waals surface area contributed by atoms with Gasteiger partial charge in [0.05, 0.1) is 0 Å². The van der Waals surface area contributed by atoms with Crippen LogP contribution in [-0.4, -0.2) is 0 Å². The van der Waals surface area contributed by atoms with Gasteiger partial charge < -0.3 is 4.90 Å². The van der Waals surface area contributed by atoms with E-state index in [-0.39, 0.29) is 0 Å². The lowest BCUT2D eigenvalue weighted by molar-refractivity contribution is 0.820. The highest BCUT2D eigenvalue weighted by atomic mass is 15.2. The third-order valence-corrected chi connectivity index (χ3v) is 11.6. The van der Waals surface area contributed by atoms with Crippen molar-refractivity contribution in [2.45, 2.75) is 33.1 Å². The Morgan fingerprint density at radius 2 is 1.02 bits per heavy atom. The summed E-state index contributed by atoms with van der Waals surface area (Å²) in [7, 11) is 0. The van der Waals surface area contributed by atoms with Crippen LogP contribution in [0.5, 0.6) is 0 Å². The van der Waals surface area contributed by atoms with Gasteiger partial charge in [0.1, 0.15) is 0 Å². The van der Waals surface area contributed by atoms with Crippen molar-refractivity contribution in [3.05, 3.63) is 204 Å². The fraction of sp³-hybridized carbons (Fsp3) is 0.0943. The molecule has 1 atom stereocenters. The Labute approximate surface area is 318 Å². The van der Waals surface area contributed by atoms with Gasteiger partial charge in [0.25, 0.3) is 0 Å². The zero-order valence-electron chi connectivity index (χ0n) is 31.0. The first-order chi connectivity index (χ1) is 26.5. The van der Waals surface area contributed by atoms with E-state index in [1.54, 1.807) is 0 Å². The monoisotopic (exact) mass is 691 g/mol. The number of fused-ring (bicyclic) bond motifs is 5. The number of benzene rings is 8. The largest absolute Gasteiger partial charge is 0.313 e. The van der Waals surface area contributed by atoms with Gasteiger partial charge in [0.15, 0.2) is 0 Å². The third-order valence-electron chi connectivity index (χ3n) is 11.6. The van der Waals surface area contributed by atoms with Crippen LogP contribution in [0.2, 0.25) is 0 Å². The lowest BCUT2D eigenvalue weighted by Crippen LogP contribution is -2.14. The molecule has 2 aliphatic rings. The smallest absolute Gasteiger partial charge is 0.0497 e. The molecule has 0 saturated heterocycles. The molecule has 1 heteroatoms. The molecule has 1 heterocycles. The van der Waals surface area contributed by atoms with Gasteiger partial charge in [0, 0.05) is 23.0 Å². The van der Waals surface area contributed by atoms with Gasteiger partial charge in [-0.15, -0.1) is 0 Å². The molecular formula is C53H41N. The van der Waals surface area contributed by atoms with E-state index in [1.807, 2.05) is 0 Å². The van der Waals surface area contributed by atoms with Crippen LogP contribution in [0.4, 0.5) is 11.4 Å². The molecule has 258 valence electrons. The molecule has 0 amide bonds. The average Bonchev–Trinajstić information content (AvgIpc) is 3.54. The van der Waals surface area contributed by atoms with Gasteiger partial charge >= 0.3 is 0 Å². The number of rotatable bonds is 5. The summed E-state index contributed by atoms with van der Waals surface area (Å²) in [4.78, 5) is 2.49. The number of aryl methyl sites for hydroxylation is 3. The molecule has 0 radical (unpaired) electrons. The summed E-state index contributed by atoms with van der Waals surface area (Å²) in [6, 6.07) is 58.6. The summed E-state index contributed by atoms with van der Waals surface area (Å²) < 4.78 is 0. The van der Waals surface area contributed by atoms with E-state index in [2.05, 4.69) is 202 Å². The van der Waals surface area contributed by atoms with Crippen molar-refractivity contribution in [3.63, 3.8) is 0 Å². The van der Waals surface area contributed by atoms with E-state index < -0.39 is 0 Å². The summed E-state index contributed by atoms with van der Waals surface area (Å²) in [6.45, 7) is 6.71. The molecule has 0 N–H and O–H groups in total. The van der Waals surface area contributed by atoms with Crippen molar-refractivity contribution in [1.29, 1.82) is 0 Å². The van der Waals surface area contributed by atoms with Gasteiger partial charge in [-0.2, -0.15) is 0 Å². The Balaban J connectivity index is 1.08. The number of allylic oxidation sites excluding steroid dienone is 4. The number of anilines is 2. The van der Waals surface area contributed by atoms with Crippen LogP contribution in [0.3, 0.4) is 0 Å². The molecule has 1 aliphatic heterocycles. The average molecular weight is 692 g/mol. The molecule has 0 saturated carbocycles. The van der Waals surface area contributed by atoms with Gasteiger partial charge in [-0.05, 0) is 146 Å². The van der Waals surface area contributed by atoms with Gasteiger partial charge in [-0.3, -0.25) is 0 Å². The van der Waals surface area contributed by atoms with Crippen molar-refractivity contribution in [3.8, 4) is 44.5 Å². The molecular weight excluding hydrogens is 651 g/mol. The Bertz CT molecular complexity index is 2740. The SMILES string of the molecule is Cc1cc(C)c(-c2c3ccccc3c(-c3ccc(N4C5=CC=CCC5c5cc(-c6cccc(-c7ccccc7)c6)ccc54)cc3)c3ccccc23)c(C)c1. The normalized spacial score (nSPS) is 14.7. The second-order valence-corrected chi connectivity index (χ2v) is 15.0. The van der Waals surface area contributed by atoms with Crippen LogP contribution in [0.25, 0.3) is 66.1 Å². The van der Waals surface area contributed by atoms with Crippen LogP contribution < -0.4 is 4.90 Å². The number of nitrogens with zero attached hydrogens (tertiary/aromatic N) is 1. The Morgan fingerprint density at radius 3 is 1.69 bits per heavy atom. The zero-order chi connectivity index (χ0) is 36.3. The number of hydrogen-bond acceptors (Lipinski definition) is 1. The first-order valence-corrected chi connectivity index (χ1v) is 19.1. The minimum atomic E-state index is 0.330. The molecule has 0 bridgehead atoms. The van der Waals surface area contributed by atoms with Crippen LogP contribution in [0.1, 0.15) is 34.6 Å². The third kappa shape index (κ3) is 5.23. The summed E-state index contributed by atoms with van der Waals surface area (Å²) in [6.07, 6.45) is 7.85. The fourth-order valence-corrected chi connectivity index (χ4v) is 9.35. The summed E-state index contributed by atoms with van der Waals surface area (Å²) in [5.74, 6) is 0.330. The van der Waals surface area contributed by atoms with E-state index in [0.717, 1.165) is 6.42 Å². The Hall–Kier alpha value is -6.44. The van der Waals surface area contributed by atoms with Gasteiger partial charge in [-0.25, -0.2) is 0 Å². The summed E-state index contributed by atoms with van der Waals surface area (Å²) >= 11 is 0. The highest BCUT2D eigenvalue weighted by Crippen LogP contribution is 2.52. The minimum Gasteiger partial charge on any atom is -0.313 e. The lowest BCUT2D eigenvalue weighted by Gasteiger charge is -2.25. The topological polar surface area (TPSA) is 3.24 Å². The minimum absolute atomic E-state index is 0.330. The zero-order valence-corrected chi connectivity index (χ0v) is 31.0. The van der Waals surface area contributed by atoms with E-state index in [1.165, 1.54) is 105 Å². The Morgan fingerprint density at radius 1 is 0.463 bits per heavy atom. The molecule has 0 fully saturated rings. The van der Waals surface area contributed by atoms with E-state index in [0.29, 0.717) is 5.92 Å². The second-order valence-electron chi connectivity index (χ2n) is 15.0. The maximum absolute atomic E-state index is 2.49. The predicted octanol–water partition coefficient (Wildman–Crippen LogP) is 14.7. The molecule has 8 aromatic rings. The van der Waals surface area contributed by atoms with Crippen molar-refractivity contribution < 1.29 is 0 Å². The molecule has 1 nitrogen and oxygen atoms in total. The molecule has 8 aromatic carbocycles. The molecule has 1 unspecified atom stereocenters. The quantitative estimate of drug-likeness (QED) is 0.162. The fourth-order valence-electron chi connectivity index (χ4n) is 9.35. The highest BCUT2D eigenvalue weighted by Gasteiger charge is 2.35. The van der Waals surface area contributed by atoms with Crippen molar-refractivity contribution in [1.82, 2.24) is 0 Å². The first kappa shape index (κ1) is 32.2. The van der Waals surface area contributed by atoms with E-state index in [4.69, 9.17) is 0 Å². The molecule has 10 rings (SSSR count). The molecule has 0 spiro atoms. The number of hydrogen-bond donors (Lipinski definition) is 0. The molecule has 1 aliphatic carbocycles. The van der Waals surface area contributed by atoms with E-state index in [9.17, 15) is 0 Å². The molecule has 54 heavy (non-hydrogen) atoms. The predicted molar refractivity (Wildman–Crippen MR) is 231 cm³/mol. The molecule has 0 aromatic heterocycles. The van der Waals surface area contributed by atoms with Crippen LogP contribution >= 0.6 is 0 Å². The standard InChI is InChI=1S/C53H41N/c1-34-30-35(2)51(36(3)31-34)53-46-21-9-7-19-44(46)52(45-20-8-10-22-47(45)53)38-24-27-42(28-25-38)54-49-23-12-11-18-43(49)48-33-41(26-29-50(48)54)40-17-13-16-39(32-40)37-14-5-4-6-15-37/h4-17,19-33,43H,18H2,1-3H3. The van der Waals surface area contributed by atoms with Gasteiger partial charge in [-0.1, -0.05) is 145 Å². The van der Waals surface area contributed by atoms with Gasteiger partial charge in [0.2, 0.25) is 0 Å². The maximum Gasteiger partial charge on any atom is 0.0497 e.